The first-order chi connectivity index (χ1) is 7.74. The van der Waals surface area contributed by atoms with E-state index in [4.69, 9.17) is 16.4 Å². The highest BCUT2D eigenvalue weighted by Gasteiger charge is 2.18. The molecular formula is C12H16ClNO2. The second-order valence-electron chi connectivity index (χ2n) is 3.59. The van der Waals surface area contributed by atoms with Gasteiger partial charge in [0, 0.05) is 6.08 Å². The van der Waals surface area contributed by atoms with Gasteiger partial charge in [0.25, 0.3) is 0 Å². The molecule has 0 bridgehead atoms. The molecule has 0 N–H and O–H groups in total. The average molecular weight is 242 g/mol. The first kappa shape index (κ1) is 13.0. The summed E-state index contributed by atoms with van der Waals surface area (Å²) < 4.78 is 0. The van der Waals surface area contributed by atoms with E-state index in [2.05, 4.69) is 5.16 Å². The number of nitrogens with zero attached hydrogens (tertiary/aromatic N) is 1. The molecule has 0 aromatic carbocycles. The van der Waals surface area contributed by atoms with Crippen molar-refractivity contribution in [2.45, 2.75) is 38.0 Å². The van der Waals surface area contributed by atoms with Crippen LogP contribution in [-0.2, 0) is 9.63 Å². The molecule has 0 aliphatic heterocycles. The Morgan fingerprint density at radius 2 is 2.31 bits per heavy atom. The largest absolute Gasteiger partial charge is 0.358 e. The van der Waals surface area contributed by atoms with Crippen molar-refractivity contribution >= 4 is 23.3 Å². The number of alkyl halides is 1. The predicted molar refractivity (Wildman–Crippen MR) is 65.6 cm³/mol. The van der Waals surface area contributed by atoms with Crippen LogP contribution in [0.25, 0.3) is 0 Å². The van der Waals surface area contributed by atoms with Gasteiger partial charge < -0.3 is 4.84 Å². The Morgan fingerprint density at radius 3 is 3.00 bits per heavy atom. The molecule has 1 aliphatic carbocycles. The highest BCUT2D eigenvalue weighted by molar-refractivity contribution is 6.32. The third kappa shape index (κ3) is 4.62. The third-order valence-corrected chi connectivity index (χ3v) is 2.76. The Morgan fingerprint density at radius 1 is 1.50 bits per heavy atom. The van der Waals surface area contributed by atoms with Gasteiger partial charge in [0.15, 0.2) is 0 Å². The van der Waals surface area contributed by atoms with Crippen LogP contribution in [0.3, 0.4) is 0 Å². The minimum absolute atomic E-state index is 0.0823. The lowest BCUT2D eigenvalue weighted by atomic mass is 9.98. The normalized spacial score (nSPS) is 24.4. The van der Waals surface area contributed by atoms with Gasteiger partial charge >= 0.3 is 5.97 Å². The monoisotopic (exact) mass is 241 g/mol. The summed E-state index contributed by atoms with van der Waals surface area (Å²) in [5.41, 5.74) is 0.778. The Bertz CT molecular complexity index is 321. The summed E-state index contributed by atoms with van der Waals surface area (Å²) in [6.45, 7) is 1.87. The zero-order valence-electron chi connectivity index (χ0n) is 9.36. The number of carbonyl (C=O) groups excluding carboxylic acids is 1. The van der Waals surface area contributed by atoms with Gasteiger partial charge in [0.1, 0.15) is 0 Å². The fourth-order valence-corrected chi connectivity index (χ4v) is 1.74. The van der Waals surface area contributed by atoms with E-state index in [0.29, 0.717) is 0 Å². The zero-order chi connectivity index (χ0) is 11.8. The van der Waals surface area contributed by atoms with Crippen molar-refractivity contribution in [2.24, 2.45) is 5.16 Å². The van der Waals surface area contributed by atoms with Crippen molar-refractivity contribution in [1.82, 2.24) is 0 Å². The molecule has 1 saturated carbocycles. The number of hydrogen-bond acceptors (Lipinski definition) is 3. The zero-order valence-corrected chi connectivity index (χ0v) is 10.1. The molecule has 0 heterocycles. The summed E-state index contributed by atoms with van der Waals surface area (Å²) >= 11 is 6.04. The Hall–Kier alpha value is -1.09. The van der Waals surface area contributed by atoms with Gasteiger partial charge in [-0.25, -0.2) is 4.79 Å². The fraction of sp³-hybridized carbons (Fsp3) is 0.500. The van der Waals surface area contributed by atoms with E-state index in [9.17, 15) is 4.79 Å². The highest BCUT2D eigenvalue weighted by atomic mass is 35.5. The smallest absolute Gasteiger partial charge is 0.313 e. The maximum Gasteiger partial charge on any atom is 0.358 e. The second-order valence-corrected chi connectivity index (χ2v) is 4.12. The lowest BCUT2D eigenvalue weighted by Gasteiger charge is -2.16. The second kappa shape index (κ2) is 7.23. The molecular weight excluding hydrogens is 226 g/mol. The summed E-state index contributed by atoms with van der Waals surface area (Å²) in [5.74, 6) is -0.472. The molecule has 88 valence electrons. The molecule has 3 nitrogen and oxygen atoms in total. The lowest BCUT2D eigenvalue weighted by molar-refractivity contribution is -0.137. The standard InChI is InChI=1S/C12H16ClNO2/c1-2-3-4-9-12(15)16-14-11-8-6-5-7-10(11)13/h2-4,9-10H,5-8H2,1H3. The number of allylic oxidation sites excluding steroid dienone is 3. The molecule has 16 heavy (non-hydrogen) atoms. The van der Waals surface area contributed by atoms with Crippen molar-refractivity contribution in [3.63, 3.8) is 0 Å². The lowest BCUT2D eigenvalue weighted by Crippen LogP contribution is -2.20. The van der Waals surface area contributed by atoms with Crippen LogP contribution in [0.5, 0.6) is 0 Å². The first-order valence-corrected chi connectivity index (χ1v) is 5.89. The molecule has 1 rings (SSSR count). The molecule has 0 radical (unpaired) electrons. The van der Waals surface area contributed by atoms with Crippen LogP contribution in [0.15, 0.2) is 29.5 Å². The van der Waals surface area contributed by atoms with Gasteiger partial charge in [0.2, 0.25) is 0 Å². The average Bonchev–Trinajstić information content (AvgIpc) is 2.28. The van der Waals surface area contributed by atoms with Crippen LogP contribution in [0.2, 0.25) is 0 Å². The number of oxime groups is 1. The summed E-state index contributed by atoms with van der Waals surface area (Å²) in [4.78, 5) is 15.9. The molecule has 4 heteroatoms. The predicted octanol–water partition coefficient (Wildman–Crippen LogP) is 3.20. The van der Waals surface area contributed by atoms with Gasteiger partial charge in [-0.1, -0.05) is 29.8 Å². The minimum Gasteiger partial charge on any atom is -0.313 e. The molecule has 0 spiro atoms. The van der Waals surface area contributed by atoms with E-state index in [1.165, 1.54) is 6.08 Å². The molecule has 1 fully saturated rings. The fourth-order valence-electron chi connectivity index (χ4n) is 1.44. The van der Waals surface area contributed by atoms with Crippen molar-refractivity contribution in [1.29, 1.82) is 0 Å². The molecule has 0 aromatic heterocycles. The van der Waals surface area contributed by atoms with E-state index in [1.807, 2.05) is 13.0 Å². The summed E-state index contributed by atoms with van der Waals surface area (Å²) in [5, 5.41) is 3.72. The molecule has 0 saturated heterocycles. The van der Waals surface area contributed by atoms with Crippen LogP contribution >= 0.6 is 11.6 Å². The van der Waals surface area contributed by atoms with Gasteiger partial charge in [0.05, 0.1) is 11.1 Å². The Balaban J connectivity index is 2.42. The van der Waals surface area contributed by atoms with E-state index >= 15 is 0 Å². The van der Waals surface area contributed by atoms with Crippen molar-refractivity contribution in [3.05, 3.63) is 24.3 Å². The molecule has 0 aromatic rings. The Labute approximate surface area is 101 Å². The molecule has 1 atom stereocenters. The van der Waals surface area contributed by atoms with Crippen molar-refractivity contribution in [2.75, 3.05) is 0 Å². The summed E-state index contributed by atoms with van der Waals surface area (Å²) in [7, 11) is 0. The van der Waals surface area contributed by atoms with Crippen LogP contribution < -0.4 is 0 Å². The van der Waals surface area contributed by atoms with Gasteiger partial charge in [-0.05, 0) is 26.2 Å². The number of halogens is 1. The maximum atomic E-state index is 11.2. The maximum absolute atomic E-state index is 11.2. The summed E-state index contributed by atoms with van der Waals surface area (Å²) in [6, 6.07) is 0. The van der Waals surface area contributed by atoms with Gasteiger partial charge in [-0.15, -0.1) is 11.6 Å². The van der Waals surface area contributed by atoms with Crippen LogP contribution in [0.1, 0.15) is 32.6 Å². The molecule has 1 unspecified atom stereocenters. The SMILES string of the molecule is CC=CC=CC(=O)ON=C1CCCCC1Cl. The van der Waals surface area contributed by atoms with Crippen LogP contribution in [-0.4, -0.2) is 17.1 Å². The van der Waals surface area contributed by atoms with Gasteiger partial charge in [-0.3, -0.25) is 0 Å². The van der Waals surface area contributed by atoms with Gasteiger partial charge in [-0.2, -0.15) is 0 Å². The van der Waals surface area contributed by atoms with E-state index in [1.54, 1.807) is 12.2 Å². The number of carbonyl (C=O) groups is 1. The van der Waals surface area contributed by atoms with E-state index < -0.39 is 5.97 Å². The summed E-state index contributed by atoms with van der Waals surface area (Å²) in [6.07, 6.45) is 10.4. The van der Waals surface area contributed by atoms with Crippen LogP contribution in [0.4, 0.5) is 0 Å². The van der Waals surface area contributed by atoms with Crippen molar-refractivity contribution in [3.8, 4) is 0 Å². The quantitative estimate of drug-likeness (QED) is 0.250. The molecule has 0 amide bonds. The first-order valence-electron chi connectivity index (χ1n) is 5.45. The van der Waals surface area contributed by atoms with Crippen molar-refractivity contribution < 1.29 is 9.63 Å². The Kier molecular flexibility index (Phi) is 5.86. The number of rotatable bonds is 3. The topological polar surface area (TPSA) is 38.7 Å². The van der Waals surface area contributed by atoms with E-state index in [0.717, 1.165) is 31.4 Å². The minimum atomic E-state index is -0.472. The van der Waals surface area contributed by atoms with E-state index in [-0.39, 0.29) is 5.38 Å². The number of hydrogen-bond donors (Lipinski definition) is 0. The molecule has 1 aliphatic rings. The van der Waals surface area contributed by atoms with Crippen LogP contribution in [0, 0.1) is 0 Å². The highest BCUT2D eigenvalue weighted by Crippen LogP contribution is 2.20. The third-order valence-electron chi connectivity index (χ3n) is 2.29.